The maximum atomic E-state index is 12.1. The molecule has 0 aromatic heterocycles. The largest absolute Gasteiger partial charge is 0.343 e. The van der Waals surface area contributed by atoms with Crippen LogP contribution in [0.5, 0.6) is 0 Å². The fourth-order valence-corrected chi connectivity index (χ4v) is 2.58. The molecule has 1 saturated heterocycles. The molecule has 3 nitrogen and oxygen atoms in total. The zero-order chi connectivity index (χ0) is 12.8. The molecule has 1 rings (SSSR count). The normalized spacial score (nSPS) is 22.5. The molecule has 0 radical (unpaired) electrons. The Kier molecular flexibility index (Phi) is 5.96. The molecule has 0 spiro atoms. The van der Waals surface area contributed by atoms with Gasteiger partial charge in [-0.05, 0) is 51.1 Å². The number of rotatable bonds is 5. The summed E-state index contributed by atoms with van der Waals surface area (Å²) >= 11 is 0. The minimum absolute atomic E-state index is 0.312. The van der Waals surface area contributed by atoms with Crippen LogP contribution in [0, 0.1) is 11.8 Å². The highest BCUT2D eigenvalue weighted by Crippen LogP contribution is 2.17. The van der Waals surface area contributed by atoms with Crippen molar-refractivity contribution in [2.24, 2.45) is 11.8 Å². The molecule has 1 N–H and O–H groups in total. The summed E-state index contributed by atoms with van der Waals surface area (Å²) < 4.78 is 0. The van der Waals surface area contributed by atoms with Gasteiger partial charge < -0.3 is 10.2 Å². The van der Waals surface area contributed by atoms with Crippen molar-refractivity contribution in [3.05, 3.63) is 0 Å². The monoisotopic (exact) mass is 240 g/mol. The van der Waals surface area contributed by atoms with Gasteiger partial charge in [0.15, 0.2) is 0 Å². The second-order valence-corrected chi connectivity index (χ2v) is 5.90. The van der Waals surface area contributed by atoms with E-state index in [2.05, 4.69) is 26.1 Å². The Morgan fingerprint density at radius 2 is 2.12 bits per heavy atom. The predicted octanol–water partition coefficient (Wildman–Crippen LogP) is 2.27. The second-order valence-electron chi connectivity index (χ2n) is 5.90. The molecule has 1 heterocycles. The number of nitrogens with one attached hydrogen (secondary N) is 1. The SMILES string of the molecule is CC(C)CC(C)N(C)C(=O)CC1CCCNC1. The first kappa shape index (κ1) is 14.5. The first-order chi connectivity index (χ1) is 8.00. The van der Waals surface area contributed by atoms with E-state index in [1.165, 1.54) is 12.8 Å². The summed E-state index contributed by atoms with van der Waals surface area (Å²) in [5.41, 5.74) is 0. The Balaban J connectivity index is 2.34. The standard InChI is InChI=1S/C14H28N2O/c1-11(2)8-12(3)16(4)14(17)9-13-6-5-7-15-10-13/h11-13,15H,5-10H2,1-4H3. The highest BCUT2D eigenvalue weighted by molar-refractivity contribution is 5.76. The lowest BCUT2D eigenvalue weighted by Crippen LogP contribution is -2.39. The zero-order valence-electron chi connectivity index (χ0n) is 11.8. The van der Waals surface area contributed by atoms with Crippen LogP contribution in [0.2, 0.25) is 0 Å². The third kappa shape index (κ3) is 5.07. The topological polar surface area (TPSA) is 32.3 Å². The van der Waals surface area contributed by atoms with Crippen molar-refractivity contribution in [3.8, 4) is 0 Å². The number of nitrogens with zero attached hydrogens (tertiary/aromatic N) is 1. The maximum Gasteiger partial charge on any atom is 0.222 e. The maximum absolute atomic E-state index is 12.1. The summed E-state index contributed by atoms with van der Waals surface area (Å²) in [7, 11) is 1.95. The van der Waals surface area contributed by atoms with Gasteiger partial charge >= 0.3 is 0 Å². The van der Waals surface area contributed by atoms with E-state index >= 15 is 0 Å². The van der Waals surface area contributed by atoms with Crippen LogP contribution in [0.3, 0.4) is 0 Å². The van der Waals surface area contributed by atoms with E-state index in [1.54, 1.807) is 0 Å². The number of hydrogen-bond donors (Lipinski definition) is 1. The van der Waals surface area contributed by atoms with E-state index in [0.717, 1.165) is 19.5 Å². The van der Waals surface area contributed by atoms with E-state index in [-0.39, 0.29) is 0 Å². The molecule has 3 heteroatoms. The third-order valence-electron chi connectivity index (χ3n) is 3.73. The molecule has 1 fully saturated rings. The van der Waals surface area contributed by atoms with Crippen LogP contribution in [-0.4, -0.2) is 37.0 Å². The Bertz CT molecular complexity index is 234. The van der Waals surface area contributed by atoms with Crippen molar-refractivity contribution in [2.75, 3.05) is 20.1 Å². The number of amides is 1. The minimum atomic E-state index is 0.312. The molecule has 17 heavy (non-hydrogen) atoms. The predicted molar refractivity (Wildman–Crippen MR) is 71.9 cm³/mol. The Morgan fingerprint density at radius 1 is 1.41 bits per heavy atom. The van der Waals surface area contributed by atoms with E-state index in [0.29, 0.717) is 30.2 Å². The van der Waals surface area contributed by atoms with Gasteiger partial charge in [0, 0.05) is 19.5 Å². The number of carbonyl (C=O) groups excluding carboxylic acids is 1. The van der Waals surface area contributed by atoms with E-state index in [4.69, 9.17) is 0 Å². The van der Waals surface area contributed by atoms with Crippen molar-refractivity contribution in [1.29, 1.82) is 0 Å². The average Bonchev–Trinajstić information content (AvgIpc) is 2.28. The summed E-state index contributed by atoms with van der Waals surface area (Å²) in [6.07, 6.45) is 4.21. The Hall–Kier alpha value is -0.570. The molecule has 2 unspecified atom stereocenters. The van der Waals surface area contributed by atoms with Gasteiger partial charge in [-0.2, -0.15) is 0 Å². The van der Waals surface area contributed by atoms with Gasteiger partial charge in [-0.15, -0.1) is 0 Å². The molecule has 1 aliphatic heterocycles. The molecular formula is C14H28N2O. The molecular weight excluding hydrogens is 212 g/mol. The van der Waals surface area contributed by atoms with Crippen LogP contribution in [-0.2, 0) is 4.79 Å². The van der Waals surface area contributed by atoms with E-state index < -0.39 is 0 Å². The molecule has 100 valence electrons. The number of carbonyl (C=O) groups is 1. The van der Waals surface area contributed by atoms with Gasteiger partial charge in [-0.3, -0.25) is 4.79 Å². The highest BCUT2D eigenvalue weighted by atomic mass is 16.2. The van der Waals surface area contributed by atoms with Gasteiger partial charge in [0.05, 0.1) is 0 Å². The van der Waals surface area contributed by atoms with Gasteiger partial charge in [-0.25, -0.2) is 0 Å². The van der Waals surface area contributed by atoms with Gasteiger partial charge in [0.1, 0.15) is 0 Å². The first-order valence-corrected chi connectivity index (χ1v) is 6.97. The molecule has 0 saturated carbocycles. The molecule has 2 atom stereocenters. The van der Waals surface area contributed by atoms with Crippen molar-refractivity contribution < 1.29 is 4.79 Å². The van der Waals surface area contributed by atoms with Gasteiger partial charge in [0.25, 0.3) is 0 Å². The average molecular weight is 240 g/mol. The van der Waals surface area contributed by atoms with Crippen LogP contribution in [0.1, 0.15) is 46.5 Å². The quantitative estimate of drug-likeness (QED) is 0.799. The highest BCUT2D eigenvalue weighted by Gasteiger charge is 2.21. The van der Waals surface area contributed by atoms with Crippen molar-refractivity contribution >= 4 is 5.91 Å². The smallest absolute Gasteiger partial charge is 0.222 e. The first-order valence-electron chi connectivity index (χ1n) is 6.97. The summed E-state index contributed by atoms with van der Waals surface area (Å²) in [5.74, 6) is 1.51. The molecule has 1 amide bonds. The lowest BCUT2D eigenvalue weighted by Gasteiger charge is -2.29. The van der Waals surface area contributed by atoms with Crippen LogP contribution >= 0.6 is 0 Å². The van der Waals surface area contributed by atoms with Crippen molar-refractivity contribution in [3.63, 3.8) is 0 Å². The van der Waals surface area contributed by atoms with Crippen LogP contribution in [0.15, 0.2) is 0 Å². The zero-order valence-corrected chi connectivity index (χ0v) is 11.8. The molecule has 0 aromatic carbocycles. The minimum Gasteiger partial charge on any atom is -0.343 e. The Morgan fingerprint density at radius 3 is 2.65 bits per heavy atom. The fourth-order valence-electron chi connectivity index (χ4n) is 2.58. The number of hydrogen-bond acceptors (Lipinski definition) is 2. The molecule has 0 aromatic rings. The number of piperidine rings is 1. The van der Waals surface area contributed by atoms with E-state index in [9.17, 15) is 4.79 Å². The lowest BCUT2D eigenvalue weighted by molar-refractivity contribution is -0.133. The van der Waals surface area contributed by atoms with E-state index in [1.807, 2.05) is 11.9 Å². The van der Waals surface area contributed by atoms with Crippen LogP contribution < -0.4 is 5.32 Å². The summed E-state index contributed by atoms with van der Waals surface area (Å²) in [5, 5.41) is 3.37. The molecule has 1 aliphatic rings. The molecule has 0 aliphatic carbocycles. The summed E-state index contributed by atoms with van der Waals surface area (Å²) in [4.78, 5) is 14.1. The summed E-state index contributed by atoms with van der Waals surface area (Å²) in [6, 6.07) is 0.360. The molecule has 0 bridgehead atoms. The van der Waals surface area contributed by atoms with Crippen molar-refractivity contribution in [1.82, 2.24) is 10.2 Å². The van der Waals surface area contributed by atoms with Crippen LogP contribution in [0.4, 0.5) is 0 Å². The second kappa shape index (κ2) is 7.00. The van der Waals surface area contributed by atoms with Crippen LogP contribution in [0.25, 0.3) is 0 Å². The third-order valence-corrected chi connectivity index (χ3v) is 3.73. The Labute approximate surface area is 106 Å². The van der Waals surface area contributed by atoms with Crippen molar-refractivity contribution in [2.45, 2.75) is 52.5 Å². The van der Waals surface area contributed by atoms with Gasteiger partial charge in [-0.1, -0.05) is 13.8 Å². The lowest BCUT2D eigenvalue weighted by atomic mass is 9.95. The fraction of sp³-hybridized carbons (Fsp3) is 0.929. The summed E-state index contributed by atoms with van der Waals surface area (Å²) in [6.45, 7) is 8.69. The van der Waals surface area contributed by atoms with Gasteiger partial charge in [0.2, 0.25) is 5.91 Å².